The highest BCUT2D eigenvalue weighted by Crippen LogP contribution is 2.33. The molecule has 3 atom stereocenters. The van der Waals surface area contributed by atoms with Crippen molar-refractivity contribution >= 4 is 46.6 Å². The number of aryl methyl sites for hydroxylation is 1. The van der Waals surface area contributed by atoms with Gasteiger partial charge in [0.05, 0.1) is 33.6 Å². The number of amides is 3. The number of phenolic OH excluding ortho intramolecular Hbond substituents is 1. The summed E-state index contributed by atoms with van der Waals surface area (Å²) in [5.41, 5.74) is 12.7. The largest absolute Gasteiger partial charge is 0.507 e. The van der Waals surface area contributed by atoms with E-state index in [-0.39, 0.29) is 48.6 Å². The summed E-state index contributed by atoms with van der Waals surface area (Å²) in [7, 11) is 0. The van der Waals surface area contributed by atoms with Gasteiger partial charge in [0.2, 0.25) is 17.7 Å². The van der Waals surface area contributed by atoms with E-state index in [1.54, 1.807) is 41.7 Å². The first kappa shape index (κ1) is 38.4. The molecule has 0 bridgehead atoms. The number of carbonyl (C=O) groups is 3. The van der Waals surface area contributed by atoms with Gasteiger partial charge in [0, 0.05) is 35.5 Å². The van der Waals surface area contributed by atoms with Crippen LogP contribution in [0, 0.1) is 12.3 Å². The summed E-state index contributed by atoms with van der Waals surface area (Å²) < 4.78 is 0. The van der Waals surface area contributed by atoms with Crippen LogP contribution < -0.4 is 16.4 Å². The van der Waals surface area contributed by atoms with Crippen LogP contribution in [0.4, 0.5) is 5.82 Å². The van der Waals surface area contributed by atoms with Gasteiger partial charge in [0.25, 0.3) is 0 Å². The summed E-state index contributed by atoms with van der Waals surface area (Å²) in [5.74, 6) is -0.752. The van der Waals surface area contributed by atoms with E-state index in [1.807, 2.05) is 81.7 Å². The van der Waals surface area contributed by atoms with Gasteiger partial charge in [-0.2, -0.15) is 0 Å². The molecule has 1 saturated heterocycles. The number of aromatic nitrogens is 3. The number of nitrogens with one attached hydrogen (secondary N) is 2. The Hall–Kier alpha value is -5.31. The molecule has 5 aromatic rings. The van der Waals surface area contributed by atoms with Gasteiger partial charge in [0.1, 0.15) is 17.8 Å². The number of carbonyl (C=O) groups excluding carboxylic acids is 3. The molecule has 3 aromatic carbocycles. The third-order valence-electron chi connectivity index (χ3n) is 9.25. The number of nitrogens with two attached hydrogens (primary N) is 1. The maximum Gasteiger partial charge on any atom is 0.246 e. The Morgan fingerprint density at radius 3 is 2.37 bits per heavy atom. The molecule has 2 aromatic heterocycles. The van der Waals surface area contributed by atoms with Gasteiger partial charge in [-0.3, -0.25) is 14.4 Å². The van der Waals surface area contributed by atoms with Crippen LogP contribution in [0.25, 0.3) is 32.8 Å². The number of nitrogen functional groups attached to an aromatic ring is 1. The van der Waals surface area contributed by atoms with Gasteiger partial charge in [-0.25, -0.2) is 4.98 Å². The second-order valence-corrected chi connectivity index (χ2v) is 16.2. The van der Waals surface area contributed by atoms with E-state index >= 15 is 0 Å². The fourth-order valence-corrected chi connectivity index (χ4v) is 7.84. The Morgan fingerprint density at radius 2 is 1.70 bits per heavy atom. The minimum atomic E-state index is -0.934. The number of β-amino-alcohol motifs (C(OH)–C–C–N with tert-alkyl or cyclic N) is 1. The number of aromatic hydroxyl groups is 1. The predicted octanol–water partition coefficient (Wildman–Crippen LogP) is 5.43. The minimum absolute atomic E-state index is 0.00508. The molecule has 6 rings (SSSR count). The maximum absolute atomic E-state index is 14.0. The van der Waals surface area contributed by atoms with Crippen LogP contribution in [0.1, 0.15) is 38.4 Å². The van der Waals surface area contributed by atoms with E-state index in [0.29, 0.717) is 16.8 Å². The lowest BCUT2D eigenvalue weighted by Crippen LogP contribution is -2.58. The Bertz CT molecular complexity index is 2130. The number of aliphatic hydroxyl groups is 1. The number of hydrogen-bond acceptors (Lipinski definition) is 11. The zero-order valence-electron chi connectivity index (χ0n) is 30.4. The van der Waals surface area contributed by atoms with Crippen molar-refractivity contribution < 1.29 is 24.6 Å². The fourth-order valence-electron chi connectivity index (χ4n) is 6.32. The maximum atomic E-state index is 14.0. The molecule has 6 N–H and O–H groups in total. The average molecular weight is 766 g/mol. The molecule has 0 unspecified atom stereocenters. The van der Waals surface area contributed by atoms with Crippen molar-refractivity contribution in [3.05, 3.63) is 95.6 Å². The smallest absolute Gasteiger partial charge is 0.246 e. The highest BCUT2D eigenvalue weighted by atomic mass is 32.2. The monoisotopic (exact) mass is 765 g/mol. The summed E-state index contributed by atoms with van der Waals surface area (Å²) in [6.45, 7) is 7.78. The summed E-state index contributed by atoms with van der Waals surface area (Å²) in [5, 5.41) is 34.9. The second-order valence-electron chi connectivity index (χ2n) is 14.3. The minimum Gasteiger partial charge on any atom is -0.507 e. The Balaban J connectivity index is 1.06. The molecule has 54 heavy (non-hydrogen) atoms. The first-order valence-electron chi connectivity index (χ1n) is 17.5. The van der Waals surface area contributed by atoms with Gasteiger partial charge in [0.15, 0.2) is 5.82 Å². The third-order valence-corrected chi connectivity index (χ3v) is 11.2. The highest BCUT2D eigenvalue weighted by Gasteiger charge is 2.44. The van der Waals surface area contributed by atoms with E-state index < -0.39 is 29.5 Å². The molecule has 0 saturated carbocycles. The first-order chi connectivity index (χ1) is 25.8. The molecule has 280 valence electrons. The Kier molecular flexibility index (Phi) is 11.6. The number of phenols is 1. The van der Waals surface area contributed by atoms with Gasteiger partial charge in [-0.1, -0.05) is 69.3 Å². The SMILES string of the molecule is Cc1ncsc1-c1ccc(CNC(=O)[C@@H]2C[C@@H](O)CN2C(=O)[C@@H](NC(=O)CSc2ccc(-c3cc(-c4ccccc4O)nnc3N)cc2)C(C)(C)C)cc1. The van der Waals surface area contributed by atoms with E-state index in [0.717, 1.165) is 32.2 Å². The molecule has 14 heteroatoms. The van der Waals surface area contributed by atoms with Crippen LogP contribution in [-0.2, 0) is 20.9 Å². The fraction of sp³-hybridized carbons (Fsp3) is 0.300. The number of aliphatic hydroxyl groups excluding tert-OH is 1. The number of thiazole rings is 1. The molecule has 0 spiro atoms. The standard InChI is InChI=1S/C40H43N7O5S2/c1-23-35(54-22-43-23)26-11-9-24(10-12-26)19-42-38(51)32-17-27(48)20-47(32)39(52)36(40(2,3)4)44-34(50)21-53-28-15-13-25(14-16-28)30-18-31(45-46-37(30)41)29-7-5-6-8-33(29)49/h5-16,18,22,27,32,36,48-49H,17,19-21H2,1-4H3,(H2,41,46)(H,42,51)(H,44,50)/t27-,32+,36-/m1/s1. The van der Waals surface area contributed by atoms with Crippen LogP contribution in [-0.4, -0.2) is 78.5 Å². The molecule has 1 fully saturated rings. The van der Waals surface area contributed by atoms with Crippen molar-refractivity contribution in [2.75, 3.05) is 18.0 Å². The topological polar surface area (TPSA) is 184 Å². The van der Waals surface area contributed by atoms with Crippen LogP contribution in [0.15, 0.2) is 89.3 Å². The van der Waals surface area contributed by atoms with Crippen molar-refractivity contribution in [1.82, 2.24) is 30.7 Å². The quantitative estimate of drug-likeness (QED) is 0.109. The van der Waals surface area contributed by atoms with Gasteiger partial charge >= 0.3 is 0 Å². The van der Waals surface area contributed by atoms with Crippen molar-refractivity contribution in [2.45, 2.75) is 63.7 Å². The number of likely N-dealkylation sites (tertiary alicyclic amines) is 1. The van der Waals surface area contributed by atoms with Gasteiger partial charge in [-0.05, 0) is 59.4 Å². The molecular formula is C40H43N7O5S2. The first-order valence-corrected chi connectivity index (χ1v) is 19.3. The molecule has 3 amide bonds. The lowest BCUT2D eigenvalue weighted by molar-refractivity contribution is -0.143. The van der Waals surface area contributed by atoms with Crippen LogP contribution in [0.3, 0.4) is 0 Å². The molecule has 0 aliphatic carbocycles. The lowest BCUT2D eigenvalue weighted by Gasteiger charge is -2.35. The third kappa shape index (κ3) is 8.89. The normalized spacial score (nSPS) is 16.2. The number of nitrogens with zero attached hydrogens (tertiary/aromatic N) is 4. The van der Waals surface area contributed by atoms with E-state index in [9.17, 15) is 24.6 Å². The molecule has 3 heterocycles. The number of rotatable bonds is 11. The molecule has 12 nitrogen and oxygen atoms in total. The summed E-state index contributed by atoms with van der Waals surface area (Å²) in [4.78, 5) is 48.4. The van der Waals surface area contributed by atoms with Gasteiger partial charge < -0.3 is 31.5 Å². The van der Waals surface area contributed by atoms with Crippen LogP contribution in [0.5, 0.6) is 5.75 Å². The molecule has 0 radical (unpaired) electrons. The summed E-state index contributed by atoms with van der Waals surface area (Å²) in [6.07, 6.45) is -0.758. The van der Waals surface area contributed by atoms with Crippen molar-refractivity contribution in [3.63, 3.8) is 0 Å². The van der Waals surface area contributed by atoms with Crippen molar-refractivity contribution in [2.24, 2.45) is 5.41 Å². The number of benzene rings is 3. The van der Waals surface area contributed by atoms with E-state index in [2.05, 4.69) is 25.8 Å². The van der Waals surface area contributed by atoms with E-state index in [4.69, 9.17) is 5.73 Å². The van der Waals surface area contributed by atoms with Crippen molar-refractivity contribution in [3.8, 4) is 38.6 Å². The zero-order chi connectivity index (χ0) is 38.6. The summed E-state index contributed by atoms with van der Waals surface area (Å²) in [6, 6.07) is 22.2. The highest BCUT2D eigenvalue weighted by molar-refractivity contribution is 8.00. The number of hydrogen-bond donors (Lipinski definition) is 5. The number of thioether (sulfide) groups is 1. The average Bonchev–Trinajstić information content (AvgIpc) is 3.77. The van der Waals surface area contributed by atoms with Gasteiger partial charge in [-0.15, -0.1) is 33.3 Å². The number of anilines is 1. The second kappa shape index (κ2) is 16.4. The Labute approximate surface area is 322 Å². The zero-order valence-corrected chi connectivity index (χ0v) is 32.1. The van der Waals surface area contributed by atoms with Crippen LogP contribution in [0.2, 0.25) is 0 Å². The molecular weight excluding hydrogens is 723 g/mol. The van der Waals surface area contributed by atoms with Crippen molar-refractivity contribution in [1.29, 1.82) is 0 Å². The lowest BCUT2D eigenvalue weighted by atomic mass is 9.85. The molecule has 1 aliphatic heterocycles. The summed E-state index contributed by atoms with van der Waals surface area (Å²) >= 11 is 2.88. The predicted molar refractivity (Wildman–Crippen MR) is 211 cm³/mol. The van der Waals surface area contributed by atoms with E-state index in [1.165, 1.54) is 16.7 Å². The van der Waals surface area contributed by atoms with Crippen LogP contribution >= 0.6 is 23.1 Å². The Morgan fingerprint density at radius 1 is 1.00 bits per heavy atom. The molecule has 1 aliphatic rings. The number of para-hydroxylation sites is 1.